The molecule has 1 aromatic carbocycles. The van der Waals surface area contributed by atoms with Gasteiger partial charge in [-0.25, -0.2) is 9.59 Å². The van der Waals surface area contributed by atoms with E-state index in [0.29, 0.717) is 30.3 Å². The van der Waals surface area contributed by atoms with Crippen LogP contribution in [0.4, 0.5) is 4.79 Å². The molecule has 0 unspecified atom stereocenters. The van der Waals surface area contributed by atoms with E-state index in [-0.39, 0.29) is 6.54 Å². The molecule has 0 aromatic heterocycles. The molecule has 8 heteroatoms. The molecule has 142 valence electrons. The zero-order valence-corrected chi connectivity index (χ0v) is 15.4. The number of hydrogen-bond acceptors (Lipinski definition) is 3. The summed E-state index contributed by atoms with van der Waals surface area (Å²) < 4.78 is 0. The van der Waals surface area contributed by atoms with E-state index >= 15 is 0 Å². The first-order valence-electron chi connectivity index (χ1n) is 8.61. The topological polar surface area (TPSA) is 108 Å². The summed E-state index contributed by atoms with van der Waals surface area (Å²) in [5, 5.41) is 17.8. The molecule has 1 fully saturated rings. The molecule has 26 heavy (non-hydrogen) atoms. The van der Waals surface area contributed by atoms with Crippen LogP contribution in [0.3, 0.4) is 0 Å². The summed E-state index contributed by atoms with van der Waals surface area (Å²) in [6.45, 7) is 2.08. The Hall–Kier alpha value is -2.28. The molecule has 0 spiro atoms. The highest BCUT2D eigenvalue weighted by Crippen LogP contribution is 2.32. The standard InChI is InChI=1S/C18H24ClN3O4/c1-12-6-8-18(9-7-12,16(24)25)22-15(23)11-21-17(26)20-10-13-2-4-14(19)5-3-13/h2-5,12H,6-11H2,1H3,(H,22,23)(H,24,25)(H2,20,21,26). The van der Waals surface area contributed by atoms with Crippen LogP contribution in [0.1, 0.15) is 38.2 Å². The molecule has 0 bridgehead atoms. The minimum Gasteiger partial charge on any atom is -0.480 e. The molecule has 1 aliphatic carbocycles. The maximum Gasteiger partial charge on any atom is 0.329 e. The highest BCUT2D eigenvalue weighted by atomic mass is 35.5. The number of amides is 3. The maximum atomic E-state index is 12.1. The largest absolute Gasteiger partial charge is 0.480 e. The van der Waals surface area contributed by atoms with Crippen molar-refractivity contribution < 1.29 is 19.5 Å². The van der Waals surface area contributed by atoms with Crippen LogP contribution in [-0.2, 0) is 16.1 Å². The molecule has 7 nitrogen and oxygen atoms in total. The lowest BCUT2D eigenvalue weighted by atomic mass is 9.77. The van der Waals surface area contributed by atoms with E-state index in [2.05, 4.69) is 22.9 Å². The van der Waals surface area contributed by atoms with Gasteiger partial charge in [-0.15, -0.1) is 0 Å². The van der Waals surface area contributed by atoms with Crippen LogP contribution in [0.5, 0.6) is 0 Å². The fourth-order valence-corrected chi connectivity index (χ4v) is 3.09. The van der Waals surface area contributed by atoms with Gasteiger partial charge in [0.1, 0.15) is 5.54 Å². The minimum absolute atomic E-state index is 0.281. The Morgan fingerprint density at radius 3 is 2.35 bits per heavy atom. The third-order valence-corrected chi connectivity index (χ3v) is 4.94. The molecular weight excluding hydrogens is 358 g/mol. The summed E-state index contributed by atoms with van der Waals surface area (Å²) in [5.74, 6) is -1.08. The molecule has 3 amide bonds. The zero-order valence-electron chi connectivity index (χ0n) is 14.7. The van der Waals surface area contributed by atoms with Crippen molar-refractivity contribution in [3.8, 4) is 0 Å². The van der Waals surface area contributed by atoms with Crippen LogP contribution in [0.15, 0.2) is 24.3 Å². The molecule has 0 atom stereocenters. The summed E-state index contributed by atoms with van der Waals surface area (Å²) in [5.41, 5.74) is -0.361. The number of halogens is 1. The van der Waals surface area contributed by atoms with Gasteiger partial charge in [0.25, 0.3) is 0 Å². The van der Waals surface area contributed by atoms with Crippen LogP contribution in [0.25, 0.3) is 0 Å². The minimum atomic E-state index is -1.23. The lowest BCUT2D eigenvalue weighted by Gasteiger charge is -2.36. The van der Waals surface area contributed by atoms with E-state index in [9.17, 15) is 19.5 Å². The molecule has 2 rings (SSSR count). The number of benzene rings is 1. The van der Waals surface area contributed by atoms with Crippen molar-refractivity contribution >= 4 is 29.5 Å². The average Bonchev–Trinajstić information content (AvgIpc) is 2.61. The van der Waals surface area contributed by atoms with Crippen molar-refractivity contribution in [1.29, 1.82) is 0 Å². The summed E-state index contributed by atoms with van der Waals surface area (Å²) in [6, 6.07) is 6.52. The Morgan fingerprint density at radius 1 is 1.15 bits per heavy atom. The Balaban J connectivity index is 1.77. The highest BCUT2D eigenvalue weighted by molar-refractivity contribution is 6.30. The Bertz CT molecular complexity index is 655. The number of urea groups is 1. The van der Waals surface area contributed by atoms with Crippen molar-refractivity contribution in [3.63, 3.8) is 0 Å². The van der Waals surface area contributed by atoms with Crippen LogP contribution in [0.2, 0.25) is 5.02 Å². The van der Waals surface area contributed by atoms with Gasteiger partial charge in [0.2, 0.25) is 5.91 Å². The van der Waals surface area contributed by atoms with Crippen molar-refractivity contribution in [1.82, 2.24) is 16.0 Å². The van der Waals surface area contributed by atoms with E-state index in [4.69, 9.17) is 11.6 Å². The quantitative estimate of drug-likeness (QED) is 0.606. The molecule has 1 aliphatic rings. The maximum absolute atomic E-state index is 12.1. The van der Waals surface area contributed by atoms with E-state index in [1.807, 2.05) is 0 Å². The Labute approximate surface area is 157 Å². The smallest absolute Gasteiger partial charge is 0.329 e. The number of nitrogens with one attached hydrogen (secondary N) is 3. The average molecular weight is 382 g/mol. The summed E-state index contributed by atoms with van der Waals surface area (Å²) in [4.78, 5) is 35.5. The second-order valence-corrected chi connectivity index (χ2v) is 7.22. The van der Waals surface area contributed by atoms with Gasteiger partial charge in [0.05, 0.1) is 6.54 Å². The number of rotatable bonds is 6. The first-order chi connectivity index (χ1) is 12.3. The van der Waals surface area contributed by atoms with Gasteiger partial charge < -0.3 is 21.1 Å². The predicted molar refractivity (Wildman–Crippen MR) is 97.8 cm³/mol. The van der Waals surface area contributed by atoms with E-state index in [1.54, 1.807) is 24.3 Å². The van der Waals surface area contributed by atoms with E-state index < -0.39 is 23.4 Å². The van der Waals surface area contributed by atoms with Gasteiger partial charge in [0.15, 0.2) is 0 Å². The number of carboxylic acid groups (broad SMARTS) is 1. The Morgan fingerprint density at radius 2 is 1.77 bits per heavy atom. The summed E-state index contributed by atoms with van der Waals surface area (Å²) in [6.07, 6.45) is 2.30. The van der Waals surface area contributed by atoms with Crippen molar-refractivity contribution in [2.45, 2.75) is 44.7 Å². The third-order valence-electron chi connectivity index (χ3n) is 4.69. The zero-order chi connectivity index (χ0) is 19.2. The number of aliphatic carboxylic acids is 1. The highest BCUT2D eigenvalue weighted by Gasteiger charge is 2.42. The van der Waals surface area contributed by atoms with E-state index in [1.165, 1.54) is 0 Å². The number of carbonyl (C=O) groups is 3. The second kappa shape index (κ2) is 8.89. The molecule has 0 saturated heterocycles. The lowest BCUT2D eigenvalue weighted by Crippen LogP contribution is -2.58. The predicted octanol–water partition coefficient (Wildman–Crippen LogP) is 2.29. The first kappa shape index (κ1) is 20.0. The monoisotopic (exact) mass is 381 g/mol. The van der Waals surface area contributed by atoms with Crippen LogP contribution in [0, 0.1) is 5.92 Å². The molecule has 1 saturated carbocycles. The number of hydrogen-bond donors (Lipinski definition) is 4. The SMILES string of the molecule is CC1CCC(NC(=O)CNC(=O)NCc2ccc(Cl)cc2)(C(=O)O)CC1. The van der Waals surface area contributed by atoms with Crippen LogP contribution in [-0.4, -0.2) is 35.1 Å². The first-order valence-corrected chi connectivity index (χ1v) is 8.99. The van der Waals surface area contributed by atoms with Crippen molar-refractivity contribution in [2.75, 3.05) is 6.54 Å². The van der Waals surface area contributed by atoms with Gasteiger partial charge in [-0.1, -0.05) is 30.7 Å². The summed E-state index contributed by atoms with van der Waals surface area (Å²) >= 11 is 5.79. The second-order valence-electron chi connectivity index (χ2n) is 6.78. The van der Waals surface area contributed by atoms with E-state index in [0.717, 1.165) is 18.4 Å². The fraction of sp³-hybridized carbons (Fsp3) is 0.500. The van der Waals surface area contributed by atoms with Crippen molar-refractivity contribution in [2.24, 2.45) is 5.92 Å². The number of carboxylic acids is 1. The summed E-state index contributed by atoms with van der Waals surface area (Å²) in [7, 11) is 0. The molecule has 0 heterocycles. The van der Waals surface area contributed by atoms with Gasteiger partial charge in [0, 0.05) is 11.6 Å². The van der Waals surface area contributed by atoms with Gasteiger partial charge in [-0.05, 0) is 49.3 Å². The van der Waals surface area contributed by atoms with Gasteiger partial charge >= 0.3 is 12.0 Å². The third kappa shape index (κ3) is 5.62. The van der Waals surface area contributed by atoms with Gasteiger partial charge in [-0.3, -0.25) is 4.79 Å². The molecule has 0 aliphatic heterocycles. The lowest BCUT2D eigenvalue weighted by molar-refractivity contribution is -0.149. The van der Waals surface area contributed by atoms with Crippen molar-refractivity contribution in [3.05, 3.63) is 34.9 Å². The van der Waals surface area contributed by atoms with Crippen LogP contribution < -0.4 is 16.0 Å². The normalized spacial score (nSPS) is 22.3. The molecule has 4 N–H and O–H groups in total. The molecule has 0 radical (unpaired) electrons. The van der Waals surface area contributed by atoms with Gasteiger partial charge in [-0.2, -0.15) is 0 Å². The fourth-order valence-electron chi connectivity index (χ4n) is 2.97. The molecular formula is C18H24ClN3O4. The Kier molecular flexibility index (Phi) is 6.85. The van der Waals surface area contributed by atoms with Crippen LogP contribution >= 0.6 is 11.6 Å². The molecule has 1 aromatic rings. The number of carbonyl (C=O) groups excluding carboxylic acids is 2.